The van der Waals surface area contributed by atoms with Gasteiger partial charge in [-0.2, -0.15) is 4.99 Å². The summed E-state index contributed by atoms with van der Waals surface area (Å²) in [7, 11) is 1.46. The summed E-state index contributed by atoms with van der Waals surface area (Å²) in [6.45, 7) is 11.9. The fraction of sp³-hybridized carbons (Fsp3) is 0.750. The number of nitrogens with zero attached hydrogens (tertiary/aromatic N) is 2. The van der Waals surface area contributed by atoms with Gasteiger partial charge in [0, 0.05) is 7.05 Å². The highest BCUT2D eigenvalue weighted by atomic mass is 32.2. The zero-order valence-corrected chi connectivity index (χ0v) is 17.2. The number of amidine groups is 1. The molecule has 0 heterocycles. The van der Waals surface area contributed by atoms with Crippen LogP contribution in [-0.4, -0.2) is 58.7 Å². The Morgan fingerprint density at radius 3 is 1.92 bits per heavy atom. The first-order valence-corrected chi connectivity index (χ1v) is 9.01. The van der Waals surface area contributed by atoms with Gasteiger partial charge >= 0.3 is 12.2 Å². The topological polar surface area (TPSA) is 97.3 Å². The number of amides is 3. The second-order valence-electron chi connectivity index (χ2n) is 7.34. The van der Waals surface area contributed by atoms with Gasteiger partial charge in [-0.05, 0) is 54.7 Å². The molecule has 0 aromatic carbocycles. The van der Waals surface area contributed by atoms with Crippen molar-refractivity contribution >= 4 is 35.0 Å². The summed E-state index contributed by atoms with van der Waals surface area (Å²) in [5.41, 5.74) is -1.33. The third-order valence-corrected chi connectivity index (χ3v) is 3.18. The molecule has 1 N–H and O–H groups in total. The first-order valence-electron chi connectivity index (χ1n) is 7.79. The summed E-state index contributed by atoms with van der Waals surface area (Å²) >= 11 is 1.12. The monoisotopic (exact) mass is 375 g/mol. The Balaban J connectivity index is 4.98. The van der Waals surface area contributed by atoms with Gasteiger partial charge in [0.25, 0.3) is 5.91 Å². The van der Waals surface area contributed by atoms with Crippen molar-refractivity contribution in [3.8, 4) is 0 Å². The van der Waals surface area contributed by atoms with E-state index in [1.807, 2.05) is 0 Å². The Hall–Kier alpha value is -1.77. The molecule has 144 valence electrons. The van der Waals surface area contributed by atoms with Crippen LogP contribution in [0, 0.1) is 0 Å². The Kier molecular flexibility index (Phi) is 8.43. The van der Waals surface area contributed by atoms with Crippen molar-refractivity contribution in [1.29, 1.82) is 0 Å². The van der Waals surface area contributed by atoms with Crippen LogP contribution in [0.2, 0.25) is 0 Å². The molecule has 0 aliphatic carbocycles. The molecule has 0 saturated heterocycles. The minimum absolute atomic E-state index is 0.164. The van der Waals surface area contributed by atoms with Crippen LogP contribution in [0.1, 0.15) is 48.5 Å². The third-order valence-electron chi connectivity index (χ3n) is 2.45. The molecule has 1 atom stereocenters. The van der Waals surface area contributed by atoms with E-state index in [2.05, 4.69) is 10.3 Å². The molecule has 1 unspecified atom stereocenters. The normalized spacial score (nSPS) is 13.7. The quantitative estimate of drug-likeness (QED) is 0.588. The summed E-state index contributed by atoms with van der Waals surface area (Å²) in [4.78, 5) is 41.0. The molecule has 0 saturated carbocycles. The molecule has 0 spiro atoms. The number of rotatable bonds is 2. The van der Waals surface area contributed by atoms with Crippen molar-refractivity contribution in [2.45, 2.75) is 65.7 Å². The number of hydrogen-bond acceptors (Lipinski definition) is 6. The lowest BCUT2D eigenvalue weighted by atomic mass is 10.2. The van der Waals surface area contributed by atoms with Crippen LogP contribution in [0.3, 0.4) is 0 Å². The molecule has 0 aromatic rings. The van der Waals surface area contributed by atoms with E-state index in [-0.39, 0.29) is 5.17 Å². The molecule has 8 nitrogen and oxygen atoms in total. The SMILES string of the molecule is CSC(=NC(=O)C(C)NC(=O)OC(C)(C)C)N(C)C(=O)OC(C)(C)C. The molecule has 25 heavy (non-hydrogen) atoms. The number of carbonyl (C=O) groups excluding carboxylic acids is 3. The summed E-state index contributed by atoms with van der Waals surface area (Å²) in [5, 5.41) is 2.57. The van der Waals surface area contributed by atoms with Gasteiger partial charge in [-0.25, -0.2) is 9.59 Å². The lowest BCUT2D eigenvalue weighted by Gasteiger charge is -2.25. The summed E-state index contributed by atoms with van der Waals surface area (Å²) in [6, 6.07) is -0.899. The number of hydrogen-bond donors (Lipinski definition) is 1. The van der Waals surface area contributed by atoms with Crippen molar-refractivity contribution < 1.29 is 23.9 Å². The van der Waals surface area contributed by atoms with Crippen LogP contribution in [0.4, 0.5) is 9.59 Å². The predicted molar refractivity (Wildman–Crippen MR) is 98.8 cm³/mol. The second-order valence-corrected chi connectivity index (χ2v) is 8.12. The van der Waals surface area contributed by atoms with Crippen LogP contribution in [-0.2, 0) is 14.3 Å². The zero-order valence-electron chi connectivity index (χ0n) is 16.4. The number of thioether (sulfide) groups is 1. The van der Waals surface area contributed by atoms with E-state index in [9.17, 15) is 14.4 Å². The Labute approximate surface area is 153 Å². The van der Waals surface area contributed by atoms with Crippen LogP contribution in [0.5, 0.6) is 0 Å². The summed E-state index contributed by atoms with van der Waals surface area (Å²) in [5.74, 6) is -0.606. The fourth-order valence-electron chi connectivity index (χ4n) is 1.40. The van der Waals surface area contributed by atoms with Gasteiger partial charge in [0.2, 0.25) is 0 Å². The predicted octanol–water partition coefficient (Wildman–Crippen LogP) is 3.01. The maximum Gasteiger partial charge on any atom is 0.416 e. The highest BCUT2D eigenvalue weighted by Crippen LogP contribution is 2.13. The maximum atomic E-state index is 12.2. The van der Waals surface area contributed by atoms with Gasteiger partial charge in [-0.1, -0.05) is 11.8 Å². The van der Waals surface area contributed by atoms with E-state index < -0.39 is 35.3 Å². The highest BCUT2D eigenvalue weighted by molar-refractivity contribution is 8.13. The van der Waals surface area contributed by atoms with Crippen LogP contribution < -0.4 is 5.32 Å². The number of aliphatic imine (C=N–C) groups is 1. The number of nitrogens with one attached hydrogen (secondary N) is 1. The summed E-state index contributed by atoms with van der Waals surface area (Å²) < 4.78 is 10.3. The van der Waals surface area contributed by atoms with E-state index in [1.165, 1.54) is 14.0 Å². The van der Waals surface area contributed by atoms with Crippen molar-refractivity contribution in [1.82, 2.24) is 10.2 Å². The minimum atomic E-state index is -0.899. The second kappa shape index (κ2) is 9.07. The van der Waals surface area contributed by atoms with Gasteiger partial charge in [0.05, 0.1) is 0 Å². The van der Waals surface area contributed by atoms with E-state index in [4.69, 9.17) is 9.47 Å². The van der Waals surface area contributed by atoms with E-state index in [1.54, 1.807) is 47.8 Å². The van der Waals surface area contributed by atoms with E-state index in [0.717, 1.165) is 16.7 Å². The lowest BCUT2D eigenvalue weighted by molar-refractivity contribution is -0.119. The lowest BCUT2D eigenvalue weighted by Crippen LogP contribution is -2.42. The molecular formula is C16H29N3O5S. The molecule has 0 fully saturated rings. The number of ether oxygens (including phenoxy) is 2. The molecule has 0 radical (unpaired) electrons. The average molecular weight is 375 g/mol. The fourth-order valence-corrected chi connectivity index (χ4v) is 1.93. The molecule has 0 aliphatic heterocycles. The van der Waals surface area contributed by atoms with Crippen molar-refractivity contribution in [2.24, 2.45) is 4.99 Å². The molecule has 9 heteroatoms. The van der Waals surface area contributed by atoms with Crippen LogP contribution in [0.25, 0.3) is 0 Å². The Morgan fingerprint density at radius 1 is 1.04 bits per heavy atom. The van der Waals surface area contributed by atoms with Crippen LogP contribution >= 0.6 is 11.8 Å². The largest absolute Gasteiger partial charge is 0.444 e. The van der Waals surface area contributed by atoms with Gasteiger partial charge in [0.15, 0.2) is 5.17 Å². The molecule has 0 rings (SSSR count). The molecule has 0 aliphatic rings. The average Bonchev–Trinajstić information content (AvgIpc) is 2.39. The maximum absolute atomic E-state index is 12.2. The van der Waals surface area contributed by atoms with Crippen molar-refractivity contribution in [2.75, 3.05) is 13.3 Å². The zero-order chi connectivity index (χ0) is 20.0. The van der Waals surface area contributed by atoms with E-state index >= 15 is 0 Å². The smallest absolute Gasteiger partial charge is 0.416 e. The Morgan fingerprint density at radius 2 is 1.52 bits per heavy atom. The van der Waals surface area contributed by atoms with E-state index in [0.29, 0.717) is 0 Å². The van der Waals surface area contributed by atoms with Crippen molar-refractivity contribution in [3.63, 3.8) is 0 Å². The van der Waals surface area contributed by atoms with Crippen molar-refractivity contribution in [3.05, 3.63) is 0 Å². The third kappa shape index (κ3) is 9.96. The molecule has 0 aromatic heterocycles. The Bertz CT molecular complexity index is 535. The van der Waals surface area contributed by atoms with Crippen LogP contribution in [0.15, 0.2) is 4.99 Å². The highest BCUT2D eigenvalue weighted by Gasteiger charge is 2.25. The minimum Gasteiger partial charge on any atom is -0.444 e. The molecular weight excluding hydrogens is 346 g/mol. The number of carbonyl (C=O) groups is 3. The summed E-state index contributed by atoms with van der Waals surface area (Å²) in [6.07, 6.45) is 0.342. The first kappa shape index (κ1) is 23.2. The van der Waals surface area contributed by atoms with Gasteiger partial charge in [0.1, 0.15) is 17.2 Å². The molecule has 3 amide bonds. The van der Waals surface area contributed by atoms with Gasteiger partial charge in [-0.3, -0.25) is 9.69 Å². The van der Waals surface area contributed by atoms with Gasteiger partial charge in [-0.15, -0.1) is 0 Å². The number of alkyl carbamates (subject to hydrolysis) is 1. The van der Waals surface area contributed by atoms with Gasteiger partial charge < -0.3 is 14.8 Å². The first-order chi connectivity index (χ1) is 11.2. The molecule has 0 bridgehead atoms. The standard InChI is InChI=1S/C16H29N3O5S/c1-10(17-13(21)23-15(2,3)4)11(20)18-12(25-9)19(8)14(22)24-16(5,6)7/h10H,1-9H3,(H,17,21).